The number of hydrogen-bond donors (Lipinski definition) is 1. The molecule has 10 heteroatoms. The van der Waals surface area contributed by atoms with Crippen LogP contribution in [-0.2, 0) is 14.6 Å². The van der Waals surface area contributed by atoms with E-state index < -0.39 is 28.6 Å². The number of sulfone groups is 1. The van der Waals surface area contributed by atoms with Crippen molar-refractivity contribution >= 4 is 35.1 Å². The molecule has 1 aliphatic rings. The second-order valence-corrected chi connectivity index (χ2v) is 8.12. The number of nitrogens with one attached hydrogen (secondary N) is 1. The molecule has 0 aliphatic carbocycles. The number of pyridine rings is 1. The topological polar surface area (TPSA) is 94.6 Å². The molecule has 152 valence electrons. The largest absolute Gasteiger partial charge is 0.496 e. The molecule has 1 atom stereocenters. The van der Waals surface area contributed by atoms with Crippen LogP contribution >= 0.6 is 13.5 Å². The number of methoxy groups -OCH3 is 1. The lowest BCUT2D eigenvalue weighted by molar-refractivity contribution is 0.102. The zero-order valence-electron chi connectivity index (χ0n) is 17.6. The number of aromatic nitrogens is 1. The highest BCUT2D eigenvalue weighted by atomic mass is 32.2. The van der Waals surface area contributed by atoms with E-state index in [1.54, 1.807) is 0 Å². The van der Waals surface area contributed by atoms with E-state index in [1.165, 1.54) is 12.1 Å². The van der Waals surface area contributed by atoms with E-state index in [2.05, 4.69) is 10.3 Å². The van der Waals surface area contributed by atoms with Gasteiger partial charge in [0, 0.05) is 6.61 Å². The minimum absolute atomic E-state index is 0. The quantitative estimate of drug-likeness (QED) is 0.755. The third kappa shape index (κ3) is 5.21. The molecule has 1 fully saturated rings. The summed E-state index contributed by atoms with van der Waals surface area (Å²) in [6.07, 6.45) is 1.50. The lowest BCUT2D eigenvalue weighted by Gasteiger charge is -2.13. The van der Waals surface area contributed by atoms with E-state index in [0.717, 1.165) is 24.4 Å². The summed E-state index contributed by atoms with van der Waals surface area (Å²) in [7, 11) is -6.62. The van der Waals surface area contributed by atoms with Crippen molar-refractivity contribution in [3.05, 3.63) is 47.9 Å². The molecule has 0 bridgehead atoms. The maximum atomic E-state index is 13.0. The van der Waals surface area contributed by atoms with Crippen molar-refractivity contribution in [2.75, 3.05) is 31.3 Å². The molecule has 2 heterocycles. The molecular formula is C18H21FN2O5S2. The Morgan fingerprint density at radius 2 is 2.25 bits per heavy atom. The number of carbonyl (C=O) groups excluding carboxylic acids is 1. The lowest BCUT2D eigenvalue weighted by Crippen LogP contribution is -2.18. The number of carbonyl (C=O) groups is 1. The highest BCUT2D eigenvalue weighted by molar-refractivity contribution is 7.91. The summed E-state index contributed by atoms with van der Waals surface area (Å²) in [4.78, 5) is 16.3. The molecule has 1 aromatic carbocycles. The van der Waals surface area contributed by atoms with Gasteiger partial charge >= 0.3 is 0 Å². The average Bonchev–Trinajstić information content (AvgIpc) is 3.14. The predicted molar refractivity (Wildman–Crippen MR) is 107 cm³/mol. The van der Waals surface area contributed by atoms with E-state index in [9.17, 15) is 17.6 Å². The Hall–Kier alpha value is -2.17. The van der Waals surface area contributed by atoms with Gasteiger partial charge in [0.2, 0.25) is 0 Å². The van der Waals surface area contributed by atoms with Crippen LogP contribution in [0.3, 0.4) is 0 Å². The highest BCUT2D eigenvalue weighted by Crippen LogP contribution is 2.26. The molecule has 1 aliphatic heterocycles. The van der Waals surface area contributed by atoms with Crippen LogP contribution < -0.4 is 10.1 Å². The number of rotatable bonds is 6. The van der Waals surface area contributed by atoms with Crippen molar-refractivity contribution < 1.29 is 31.2 Å². The number of hydrogen-bond acceptors (Lipinski definition) is 6. The van der Waals surface area contributed by atoms with E-state index in [0.29, 0.717) is 19.6 Å². The van der Waals surface area contributed by atoms with Gasteiger partial charge in [-0.2, -0.15) is 13.5 Å². The molecule has 1 amide bonds. The molecule has 3 rings (SSSR count). The standard InChI is InChI=1S/C18H19FN2O5S.H2S/c1-25-16-4-3-14(27(23,24)11-12-6-7-26-10-12)8-15(16)18(22)21-17-5-2-13(19)9-20-17;/h2-5,8-9,12H,6-7,10-11H2,1H3,(H,20,21,22);1H2/t12-;/m0./s1/i1D3;. The SMILES string of the molecule is S.[2H]C([2H])([2H])Oc1ccc(S(=O)(=O)C[C@H]2CCOC2)cc1C(=O)Nc1ccc(F)cn1. The minimum atomic E-state index is -3.76. The number of amides is 1. The van der Waals surface area contributed by atoms with Gasteiger partial charge in [-0.1, -0.05) is 0 Å². The second kappa shape index (κ2) is 9.35. The molecule has 28 heavy (non-hydrogen) atoms. The van der Waals surface area contributed by atoms with Gasteiger partial charge in [-0.3, -0.25) is 4.79 Å². The van der Waals surface area contributed by atoms with Crippen molar-refractivity contribution in [1.29, 1.82) is 0 Å². The fraction of sp³-hybridized carbons (Fsp3) is 0.333. The minimum Gasteiger partial charge on any atom is -0.496 e. The maximum absolute atomic E-state index is 13.0. The number of benzene rings is 1. The number of anilines is 1. The highest BCUT2D eigenvalue weighted by Gasteiger charge is 2.26. The fourth-order valence-corrected chi connectivity index (χ4v) is 4.37. The van der Waals surface area contributed by atoms with Gasteiger partial charge in [0.1, 0.15) is 17.4 Å². The van der Waals surface area contributed by atoms with Crippen LogP contribution in [0.2, 0.25) is 0 Å². The van der Waals surface area contributed by atoms with E-state index in [-0.39, 0.29) is 47.2 Å². The van der Waals surface area contributed by atoms with Crippen molar-refractivity contribution in [3.63, 3.8) is 0 Å². The summed E-state index contributed by atoms with van der Waals surface area (Å²) in [5, 5.41) is 2.37. The van der Waals surface area contributed by atoms with E-state index >= 15 is 0 Å². The van der Waals surface area contributed by atoms with Crippen LogP contribution in [0.25, 0.3) is 0 Å². The first-order valence-corrected chi connectivity index (χ1v) is 9.75. The van der Waals surface area contributed by atoms with E-state index in [1.807, 2.05) is 0 Å². The van der Waals surface area contributed by atoms with E-state index in [4.69, 9.17) is 13.6 Å². The van der Waals surface area contributed by atoms with Crippen LogP contribution in [-0.4, -0.2) is 45.3 Å². The Kier molecular flexibility index (Phi) is 5.98. The van der Waals surface area contributed by atoms with Crippen LogP contribution in [0, 0.1) is 11.7 Å². The smallest absolute Gasteiger partial charge is 0.260 e. The first kappa shape index (κ1) is 17.9. The third-order valence-corrected chi connectivity index (χ3v) is 6.00. The third-order valence-electron chi connectivity index (χ3n) is 4.11. The Balaban J connectivity index is 0.00000341. The maximum Gasteiger partial charge on any atom is 0.260 e. The summed E-state index contributed by atoms with van der Waals surface area (Å²) in [5.41, 5.74) is -0.305. The number of ether oxygens (including phenoxy) is 2. The van der Waals surface area contributed by atoms with Crippen molar-refractivity contribution in [2.24, 2.45) is 5.92 Å². The lowest BCUT2D eigenvalue weighted by atomic mass is 10.2. The normalized spacial score (nSPS) is 18.3. The van der Waals surface area contributed by atoms with Gasteiger partial charge in [-0.25, -0.2) is 17.8 Å². The van der Waals surface area contributed by atoms with Gasteiger partial charge < -0.3 is 14.8 Å². The van der Waals surface area contributed by atoms with Crippen LogP contribution in [0.4, 0.5) is 10.2 Å². The Labute approximate surface area is 173 Å². The van der Waals surface area contributed by atoms with Gasteiger partial charge in [0.25, 0.3) is 5.91 Å². The summed E-state index contributed by atoms with van der Waals surface area (Å²) < 4.78 is 70.4. The molecule has 0 radical (unpaired) electrons. The summed E-state index contributed by atoms with van der Waals surface area (Å²) in [6, 6.07) is 5.66. The van der Waals surface area contributed by atoms with Crippen LogP contribution in [0.15, 0.2) is 41.4 Å². The van der Waals surface area contributed by atoms with Crippen LogP contribution in [0.1, 0.15) is 20.9 Å². The number of nitrogens with zero attached hydrogens (tertiary/aromatic N) is 1. The number of halogens is 1. The summed E-state index contributed by atoms with van der Waals surface area (Å²) in [5.74, 6) is -2.10. The molecular weight excluding hydrogens is 407 g/mol. The second-order valence-electron chi connectivity index (χ2n) is 6.09. The van der Waals surface area contributed by atoms with Gasteiger partial charge in [0.15, 0.2) is 9.84 Å². The van der Waals surface area contributed by atoms with Crippen molar-refractivity contribution in [3.8, 4) is 5.75 Å². The molecule has 0 unspecified atom stereocenters. The van der Waals surface area contributed by atoms with Crippen LogP contribution in [0.5, 0.6) is 5.75 Å². The first-order valence-electron chi connectivity index (χ1n) is 9.60. The Morgan fingerprint density at radius 3 is 2.89 bits per heavy atom. The first-order chi connectivity index (χ1) is 14.0. The summed E-state index contributed by atoms with van der Waals surface area (Å²) >= 11 is 0. The van der Waals surface area contributed by atoms with Gasteiger partial charge in [0.05, 0.1) is 40.2 Å². The summed E-state index contributed by atoms with van der Waals surface area (Å²) in [6.45, 7) is 0.826. The monoisotopic (exact) mass is 431 g/mol. The Morgan fingerprint density at radius 1 is 1.43 bits per heavy atom. The van der Waals surface area contributed by atoms with Crippen molar-refractivity contribution in [2.45, 2.75) is 11.3 Å². The zero-order chi connectivity index (χ0) is 21.9. The molecule has 1 N–H and O–H groups in total. The van der Waals surface area contributed by atoms with Gasteiger partial charge in [-0.05, 0) is 42.7 Å². The molecule has 7 nitrogen and oxygen atoms in total. The zero-order valence-corrected chi connectivity index (χ0v) is 16.5. The molecule has 1 aromatic heterocycles. The average molecular weight is 432 g/mol. The Bertz CT molecular complexity index is 1030. The molecule has 1 saturated heterocycles. The van der Waals surface area contributed by atoms with Gasteiger partial charge in [-0.15, -0.1) is 0 Å². The molecule has 0 saturated carbocycles. The predicted octanol–water partition coefficient (Wildman–Crippen LogP) is 2.40. The van der Waals surface area contributed by atoms with Crippen molar-refractivity contribution in [1.82, 2.24) is 4.98 Å². The molecule has 2 aromatic rings. The molecule has 0 spiro atoms. The fourth-order valence-electron chi connectivity index (χ4n) is 2.72.